The van der Waals surface area contributed by atoms with Crippen molar-refractivity contribution in [3.63, 3.8) is 0 Å². The molecular weight excluding hydrogens is 272 g/mol. The zero-order chi connectivity index (χ0) is 15.0. The SMILES string of the molecule is CCCCN(CCCC)C(=O)C1(C(N)=S)CCOCC1. The first-order valence-corrected chi connectivity index (χ1v) is 8.16. The highest BCUT2D eigenvalue weighted by Gasteiger charge is 2.44. The normalized spacial score (nSPS) is 17.7. The van der Waals surface area contributed by atoms with E-state index in [2.05, 4.69) is 13.8 Å². The van der Waals surface area contributed by atoms with E-state index in [1.807, 2.05) is 4.90 Å². The number of hydrogen-bond donors (Lipinski definition) is 1. The molecule has 0 spiro atoms. The van der Waals surface area contributed by atoms with E-state index in [1.165, 1.54) is 0 Å². The van der Waals surface area contributed by atoms with Crippen LogP contribution in [0, 0.1) is 5.41 Å². The smallest absolute Gasteiger partial charge is 0.235 e. The van der Waals surface area contributed by atoms with Gasteiger partial charge in [0.15, 0.2) is 0 Å². The molecule has 0 bridgehead atoms. The van der Waals surface area contributed by atoms with Crippen molar-refractivity contribution in [2.45, 2.75) is 52.4 Å². The Balaban J connectivity index is 2.84. The first kappa shape index (κ1) is 17.4. The van der Waals surface area contributed by atoms with Crippen molar-refractivity contribution in [2.24, 2.45) is 11.1 Å². The van der Waals surface area contributed by atoms with Gasteiger partial charge >= 0.3 is 0 Å². The molecule has 1 fully saturated rings. The molecule has 1 rings (SSSR count). The van der Waals surface area contributed by atoms with Crippen LogP contribution in [-0.4, -0.2) is 42.1 Å². The van der Waals surface area contributed by atoms with Crippen LogP contribution in [0.3, 0.4) is 0 Å². The van der Waals surface area contributed by atoms with Gasteiger partial charge in [0, 0.05) is 26.3 Å². The number of unbranched alkanes of at least 4 members (excludes halogenated alkanes) is 2. The lowest BCUT2D eigenvalue weighted by molar-refractivity contribution is -0.142. The van der Waals surface area contributed by atoms with Gasteiger partial charge in [-0.1, -0.05) is 38.9 Å². The molecule has 1 aliphatic heterocycles. The lowest BCUT2D eigenvalue weighted by Gasteiger charge is -2.39. The molecule has 0 aromatic carbocycles. The van der Waals surface area contributed by atoms with Crippen molar-refractivity contribution in [3.8, 4) is 0 Å². The maximum atomic E-state index is 13.0. The molecule has 0 aromatic heterocycles. The number of carbonyl (C=O) groups excluding carboxylic acids is 1. The molecule has 2 N–H and O–H groups in total. The number of nitrogens with zero attached hydrogens (tertiary/aromatic N) is 1. The van der Waals surface area contributed by atoms with Crippen LogP contribution < -0.4 is 5.73 Å². The number of carbonyl (C=O) groups is 1. The topological polar surface area (TPSA) is 55.6 Å². The van der Waals surface area contributed by atoms with Crippen LogP contribution >= 0.6 is 12.2 Å². The number of thiocarbonyl (C=S) groups is 1. The van der Waals surface area contributed by atoms with Crippen molar-refractivity contribution in [3.05, 3.63) is 0 Å². The predicted molar refractivity (Wildman–Crippen MR) is 85.7 cm³/mol. The summed E-state index contributed by atoms with van der Waals surface area (Å²) in [5.74, 6) is 0.121. The molecule has 0 atom stereocenters. The Hall–Kier alpha value is -0.680. The molecule has 5 heteroatoms. The van der Waals surface area contributed by atoms with Crippen molar-refractivity contribution in [2.75, 3.05) is 26.3 Å². The highest BCUT2D eigenvalue weighted by atomic mass is 32.1. The maximum absolute atomic E-state index is 13.0. The molecular formula is C15H28N2O2S. The van der Waals surface area contributed by atoms with E-state index in [1.54, 1.807) is 0 Å². The Morgan fingerprint density at radius 3 is 2.10 bits per heavy atom. The van der Waals surface area contributed by atoms with Gasteiger partial charge in [-0.2, -0.15) is 0 Å². The van der Waals surface area contributed by atoms with Gasteiger partial charge in [-0.25, -0.2) is 0 Å². The van der Waals surface area contributed by atoms with Gasteiger partial charge in [0.25, 0.3) is 0 Å². The summed E-state index contributed by atoms with van der Waals surface area (Å²) >= 11 is 5.22. The van der Waals surface area contributed by atoms with Crippen LogP contribution in [0.2, 0.25) is 0 Å². The summed E-state index contributed by atoms with van der Waals surface area (Å²) in [7, 11) is 0. The molecule has 1 saturated heterocycles. The molecule has 1 amide bonds. The third kappa shape index (κ3) is 4.16. The second-order valence-electron chi connectivity index (χ2n) is 5.56. The Morgan fingerprint density at radius 1 is 1.20 bits per heavy atom. The Kier molecular flexibility index (Phi) is 7.45. The average Bonchev–Trinajstić information content (AvgIpc) is 2.47. The molecule has 4 nitrogen and oxygen atoms in total. The van der Waals surface area contributed by atoms with Crippen LogP contribution in [0.25, 0.3) is 0 Å². The van der Waals surface area contributed by atoms with Gasteiger partial charge in [-0.05, 0) is 25.7 Å². The molecule has 0 aromatic rings. The van der Waals surface area contributed by atoms with Crippen molar-refractivity contribution < 1.29 is 9.53 Å². The summed E-state index contributed by atoms with van der Waals surface area (Å²) in [6.07, 6.45) is 5.46. The Labute approximate surface area is 128 Å². The minimum absolute atomic E-state index is 0.121. The molecule has 0 unspecified atom stereocenters. The number of amides is 1. The number of rotatable bonds is 8. The molecule has 1 heterocycles. The van der Waals surface area contributed by atoms with Gasteiger partial charge in [0.1, 0.15) is 5.41 Å². The van der Waals surface area contributed by atoms with Crippen LogP contribution in [-0.2, 0) is 9.53 Å². The van der Waals surface area contributed by atoms with E-state index in [9.17, 15) is 4.79 Å². The summed E-state index contributed by atoms with van der Waals surface area (Å²) in [6.45, 7) is 7.03. The monoisotopic (exact) mass is 300 g/mol. The third-order valence-corrected chi connectivity index (χ3v) is 4.47. The fraction of sp³-hybridized carbons (Fsp3) is 0.867. The number of nitrogens with two attached hydrogens (primary N) is 1. The lowest BCUT2D eigenvalue weighted by atomic mass is 9.78. The van der Waals surface area contributed by atoms with E-state index >= 15 is 0 Å². The summed E-state index contributed by atoms with van der Waals surface area (Å²) in [5.41, 5.74) is 5.26. The fourth-order valence-electron chi connectivity index (χ4n) is 2.60. The predicted octanol–water partition coefficient (Wildman–Crippen LogP) is 2.50. The first-order chi connectivity index (χ1) is 9.58. The van der Waals surface area contributed by atoms with Gasteiger partial charge < -0.3 is 15.4 Å². The van der Waals surface area contributed by atoms with Crippen LogP contribution in [0.5, 0.6) is 0 Å². The standard InChI is InChI=1S/C15H28N2O2S/c1-3-5-9-17(10-6-4-2)14(18)15(13(16)20)7-11-19-12-8-15/h3-12H2,1-2H3,(H2,16,20). The van der Waals surface area contributed by atoms with Gasteiger partial charge in [-0.3, -0.25) is 4.79 Å². The van der Waals surface area contributed by atoms with E-state index in [4.69, 9.17) is 22.7 Å². The minimum atomic E-state index is -0.672. The van der Waals surface area contributed by atoms with E-state index in [-0.39, 0.29) is 5.91 Å². The molecule has 0 aliphatic carbocycles. The summed E-state index contributed by atoms with van der Waals surface area (Å²) < 4.78 is 5.38. The molecule has 0 radical (unpaired) electrons. The van der Waals surface area contributed by atoms with Crippen molar-refractivity contribution >= 4 is 23.1 Å². The van der Waals surface area contributed by atoms with Gasteiger partial charge in [0.2, 0.25) is 5.91 Å². The van der Waals surface area contributed by atoms with Crippen molar-refractivity contribution in [1.82, 2.24) is 4.90 Å². The van der Waals surface area contributed by atoms with Crippen LogP contribution in [0.15, 0.2) is 0 Å². The van der Waals surface area contributed by atoms with Crippen LogP contribution in [0.4, 0.5) is 0 Å². The Morgan fingerprint density at radius 2 is 1.70 bits per heavy atom. The zero-order valence-electron chi connectivity index (χ0n) is 12.8. The van der Waals surface area contributed by atoms with E-state index in [0.29, 0.717) is 31.0 Å². The number of hydrogen-bond acceptors (Lipinski definition) is 3. The second-order valence-corrected chi connectivity index (χ2v) is 6.00. The van der Waals surface area contributed by atoms with E-state index < -0.39 is 5.41 Å². The highest BCUT2D eigenvalue weighted by Crippen LogP contribution is 2.33. The van der Waals surface area contributed by atoms with Crippen molar-refractivity contribution in [1.29, 1.82) is 0 Å². The third-order valence-electron chi connectivity index (χ3n) is 4.08. The fourth-order valence-corrected chi connectivity index (χ4v) is 2.89. The van der Waals surface area contributed by atoms with Gasteiger partial charge in [-0.15, -0.1) is 0 Å². The minimum Gasteiger partial charge on any atom is -0.392 e. The summed E-state index contributed by atoms with van der Waals surface area (Å²) in [5, 5.41) is 0. The molecule has 20 heavy (non-hydrogen) atoms. The largest absolute Gasteiger partial charge is 0.392 e. The maximum Gasteiger partial charge on any atom is 0.235 e. The quantitative estimate of drug-likeness (QED) is 0.700. The van der Waals surface area contributed by atoms with E-state index in [0.717, 1.165) is 38.8 Å². The first-order valence-electron chi connectivity index (χ1n) is 7.75. The molecule has 0 saturated carbocycles. The highest BCUT2D eigenvalue weighted by molar-refractivity contribution is 7.80. The average molecular weight is 300 g/mol. The number of ether oxygens (including phenoxy) is 1. The summed E-state index contributed by atoms with van der Waals surface area (Å²) in [4.78, 5) is 15.3. The lowest BCUT2D eigenvalue weighted by Crippen LogP contribution is -2.53. The van der Waals surface area contributed by atoms with Crippen LogP contribution in [0.1, 0.15) is 52.4 Å². The Bertz CT molecular complexity index is 320. The molecule has 1 aliphatic rings. The second kappa shape index (κ2) is 8.57. The van der Waals surface area contributed by atoms with Gasteiger partial charge in [0.05, 0.1) is 4.99 Å². The summed E-state index contributed by atoms with van der Waals surface area (Å²) in [6, 6.07) is 0. The molecule has 116 valence electrons. The zero-order valence-corrected chi connectivity index (χ0v) is 13.6.